The van der Waals surface area contributed by atoms with Gasteiger partial charge in [0, 0.05) is 17.3 Å². The third-order valence-electron chi connectivity index (χ3n) is 3.17. The minimum Gasteiger partial charge on any atom is -0.326 e. The Hall–Kier alpha value is -2.31. The molecule has 0 spiro atoms. The predicted octanol–water partition coefficient (Wildman–Crippen LogP) is 3.94. The van der Waals surface area contributed by atoms with Gasteiger partial charge < -0.3 is 10.6 Å². The summed E-state index contributed by atoms with van der Waals surface area (Å²) in [4.78, 5) is 15.9. The van der Waals surface area contributed by atoms with Crippen molar-refractivity contribution in [1.82, 2.24) is 10.3 Å². The first-order chi connectivity index (χ1) is 10.3. The van der Waals surface area contributed by atoms with E-state index in [0.717, 1.165) is 10.9 Å². The van der Waals surface area contributed by atoms with Gasteiger partial charge in [0.25, 0.3) is 0 Å². The average molecular weight is 311 g/mol. The fourth-order valence-electron chi connectivity index (χ4n) is 2.09. The summed E-state index contributed by atoms with van der Waals surface area (Å²) in [7, 11) is 0. The van der Waals surface area contributed by atoms with Crippen molar-refractivity contribution in [1.29, 1.82) is 0 Å². The summed E-state index contributed by atoms with van der Waals surface area (Å²) in [6.07, 6.45) is -2.85. The fraction of sp³-hybridized carbons (Fsp3) is 0.333. The van der Waals surface area contributed by atoms with Crippen molar-refractivity contribution in [2.24, 2.45) is 5.92 Å². The quantitative estimate of drug-likeness (QED) is 0.902. The Balaban J connectivity index is 2.10. The van der Waals surface area contributed by atoms with Crippen molar-refractivity contribution in [2.75, 3.05) is 5.32 Å². The van der Waals surface area contributed by atoms with Gasteiger partial charge in [0.15, 0.2) is 0 Å². The van der Waals surface area contributed by atoms with E-state index >= 15 is 0 Å². The van der Waals surface area contributed by atoms with Crippen LogP contribution in [0.1, 0.15) is 13.8 Å². The smallest absolute Gasteiger partial charge is 0.326 e. The lowest BCUT2D eigenvalue weighted by Gasteiger charge is -2.25. The summed E-state index contributed by atoms with van der Waals surface area (Å²) in [6.45, 7) is 2.81. The maximum atomic E-state index is 12.8. The summed E-state index contributed by atoms with van der Waals surface area (Å²) in [5.41, 5.74) is 1.14. The zero-order valence-electron chi connectivity index (χ0n) is 12.1. The maximum absolute atomic E-state index is 12.8. The van der Waals surface area contributed by atoms with Crippen molar-refractivity contribution in [2.45, 2.75) is 26.1 Å². The molecule has 0 bridgehead atoms. The number of alkyl halides is 3. The van der Waals surface area contributed by atoms with Crippen LogP contribution in [0, 0.1) is 5.92 Å². The van der Waals surface area contributed by atoms with Crippen LogP contribution >= 0.6 is 0 Å². The van der Waals surface area contributed by atoms with Gasteiger partial charge >= 0.3 is 12.2 Å². The molecule has 0 radical (unpaired) electrons. The Kier molecular flexibility index (Phi) is 4.54. The molecular weight excluding hydrogens is 295 g/mol. The molecule has 0 aliphatic heterocycles. The molecule has 2 N–H and O–H groups in total. The highest BCUT2D eigenvalue weighted by molar-refractivity contribution is 5.92. The number of benzene rings is 1. The van der Waals surface area contributed by atoms with Crippen LogP contribution in [0.4, 0.5) is 23.7 Å². The Morgan fingerprint density at radius 1 is 1.23 bits per heavy atom. The molecule has 0 saturated heterocycles. The predicted molar refractivity (Wildman–Crippen MR) is 78.6 cm³/mol. The van der Waals surface area contributed by atoms with Crippen LogP contribution in [0.15, 0.2) is 36.5 Å². The van der Waals surface area contributed by atoms with Crippen LogP contribution < -0.4 is 10.6 Å². The molecule has 118 valence electrons. The van der Waals surface area contributed by atoms with Crippen molar-refractivity contribution >= 4 is 22.6 Å². The van der Waals surface area contributed by atoms with Gasteiger partial charge in [-0.1, -0.05) is 19.9 Å². The summed E-state index contributed by atoms with van der Waals surface area (Å²) in [5.74, 6) is -0.758. The molecule has 1 aromatic heterocycles. The third kappa shape index (κ3) is 3.87. The molecule has 0 aliphatic carbocycles. The zero-order valence-corrected chi connectivity index (χ0v) is 12.1. The first kappa shape index (κ1) is 16.1. The van der Waals surface area contributed by atoms with Crippen molar-refractivity contribution < 1.29 is 18.0 Å². The number of hydrogen-bond donors (Lipinski definition) is 2. The van der Waals surface area contributed by atoms with E-state index in [4.69, 9.17) is 0 Å². The lowest BCUT2D eigenvalue weighted by atomic mass is 10.0. The lowest BCUT2D eigenvalue weighted by molar-refractivity contribution is -0.162. The van der Waals surface area contributed by atoms with Crippen molar-refractivity contribution in [3.63, 3.8) is 0 Å². The fourth-order valence-corrected chi connectivity index (χ4v) is 2.09. The monoisotopic (exact) mass is 311 g/mol. The van der Waals surface area contributed by atoms with E-state index in [-0.39, 0.29) is 0 Å². The van der Waals surface area contributed by atoms with E-state index in [9.17, 15) is 18.0 Å². The van der Waals surface area contributed by atoms with Crippen LogP contribution in [-0.4, -0.2) is 23.2 Å². The first-order valence-corrected chi connectivity index (χ1v) is 6.76. The molecule has 2 rings (SSSR count). The van der Waals surface area contributed by atoms with Gasteiger partial charge in [-0.25, -0.2) is 4.79 Å². The van der Waals surface area contributed by atoms with E-state index in [1.165, 1.54) is 13.8 Å². The lowest BCUT2D eigenvalue weighted by Crippen LogP contribution is -2.50. The summed E-state index contributed by atoms with van der Waals surface area (Å²) >= 11 is 0. The second-order valence-corrected chi connectivity index (χ2v) is 5.27. The number of nitrogens with zero attached hydrogens (tertiary/aromatic N) is 1. The van der Waals surface area contributed by atoms with Crippen LogP contribution in [0.2, 0.25) is 0 Å². The Morgan fingerprint density at radius 2 is 1.95 bits per heavy atom. The number of aromatic nitrogens is 1. The van der Waals surface area contributed by atoms with Gasteiger partial charge in [-0.3, -0.25) is 4.98 Å². The summed E-state index contributed by atoms with van der Waals surface area (Å²) < 4.78 is 38.5. The van der Waals surface area contributed by atoms with Gasteiger partial charge in [-0.2, -0.15) is 13.2 Å². The molecule has 1 heterocycles. The molecule has 0 aliphatic rings. The largest absolute Gasteiger partial charge is 0.408 e. The third-order valence-corrected chi connectivity index (χ3v) is 3.17. The Morgan fingerprint density at radius 3 is 2.59 bits per heavy atom. The van der Waals surface area contributed by atoms with Crippen molar-refractivity contribution in [3.05, 3.63) is 36.5 Å². The Bertz CT molecular complexity index is 670. The SMILES string of the molecule is CC(C)[C@@H](NC(=O)Nc1ccc2ncccc2c1)C(F)(F)F. The van der Waals surface area contributed by atoms with E-state index in [2.05, 4.69) is 10.3 Å². The second-order valence-electron chi connectivity index (χ2n) is 5.27. The molecule has 4 nitrogen and oxygen atoms in total. The van der Waals surface area contributed by atoms with Crippen LogP contribution in [-0.2, 0) is 0 Å². The van der Waals surface area contributed by atoms with Gasteiger partial charge in [0.05, 0.1) is 5.52 Å². The Labute approximate surface area is 125 Å². The normalized spacial score (nSPS) is 13.2. The zero-order chi connectivity index (χ0) is 16.3. The number of fused-ring (bicyclic) bond motifs is 1. The molecule has 1 aromatic carbocycles. The number of nitrogens with one attached hydrogen (secondary N) is 2. The molecule has 2 aromatic rings. The molecule has 2 amide bonds. The highest BCUT2D eigenvalue weighted by Crippen LogP contribution is 2.25. The van der Waals surface area contributed by atoms with Gasteiger partial charge in [0.2, 0.25) is 0 Å². The van der Waals surface area contributed by atoms with Gasteiger partial charge in [0.1, 0.15) is 6.04 Å². The minimum absolute atomic E-state index is 0.405. The van der Waals surface area contributed by atoms with Gasteiger partial charge in [-0.15, -0.1) is 0 Å². The van der Waals surface area contributed by atoms with Crippen molar-refractivity contribution in [3.8, 4) is 0 Å². The number of rotatable bonds is 3. The molecule has 22 heavy (non-hydrogen) atoms. The maximum Gasteiger partial charge on any atom is 0.408 e. The second kappa shape index (κ2) is 6.21. The first-order valence-electron chi connectivity index (χ1n) is 6.76. The molecule has 0 fully saturated rings. The number of amides is 2. The van der Waals surface area contributed by atoms with E-state index in [0.29, 0.717) is 5.69 Å². The van der Waals surface area contributed by atoms with Gasteiger partial charge in [-0.05, 0) is 30.2 Å². The number of halogens is 3. The van der Waals surface area contributed by atoms with E-state index in [1.54, 1.807) is 36.5 Å². The number of anilines is 1. The van der Waals surface area contributed by atoms with E-state index < -0.39 is 24.2 Å². The van der Waals surface area contributed by atoms with Crippen LogP contribution in [0.3, 0.4) is 0 Å². The molecular formula is C15H16F3N3O. The average Bonchev–Trinajstić information content (AvgIpc) is 2.43. The van der Waals surface area contributed by atoms with Crippen LogP contribution in [0.5, 0.6) is 0 Å². The number of urea groups is 1. The number of pyridine rings is 1. The number of hydrogen-bond acceptors (Lipinski definition) is 2. The van der Waals surface area contributed by atoms with E-state index in [1.807, 2.05) is 5.32 Å². The number of carbonyl (C=O) groups is 1. The highest BCUT2D eigenvalue weighted by atomic mass is 19.4. The number of carbonyl (C=O) groups excluding carboxylic acids is 1. The molecule has 0 saturated carbocycles. The molecule has 7 heteroatoms. The molecule has 0 unspecified atom stereocenters. The summed E-state index contributed by atoms with van der Waals surface area (Å²) in [6, 6.07) is 5.69. The molecule has 1 atom stereocenters. The standard InChI is InChI=1S/C15H16F3N3O/c1-9(2)13(15(16,17)18)21-14(22)20-11-5-6-12-10(8-11)4-3-7-19-12/h3-9,13H,1-2H3,(H2,20,21,22)/t13-/m1/s1. The topological polar surface area (TPSA) is 54.0 Å². The highest BCUT2D eigenvalue weighted by Gasteiger charge is 2.42. The minimum atomic E-state index is -4.49. The summed E-state index contributed by atoms with van der Waals surface area (Å²) in [5, 5.41) is 5.16. The van der Waals surface area contributed by atoms with Crippen LogP contribution in [0.25, 0.3) is 10.9 Å².